The maximum absolute atomic E-state index is 12.5. The van der Waals surface area contributed by atoms with E-state index in [-0.39, 0.29) is 11.9 Å². The summed E-state index contributed by atoms with van der Waals surface area (Å²) in [5, 5.41) is 6.54. The molecule has 0 spiro atoms. The Morgan fingerprint density at radius 1 is 1.58 bits per heavy atom. The molecule has 2 aromatic rings. The molecule has 1 unspecified atom stereocenters. The Labute approximate surface area is 114 Å². The molecule has 2 N–H and O–H groups in total. The molecule has 0 aliphatic carbocycles. The summed E-state index contributed by atoms with van der Waals surface area (Å²) >= 11 is 1.42. The first-order chi connectivity index (χ1) is 9.15. The number of nitrogens with zero attached hydrogens (tertiary/aromatic N) is 4. The number of thiazole rings is 1. The van der Waals surface area contributed by atoms with Crippen LogP contribution in [0.3, 0.4) is 0 Å². The molecular weight excluding hydrogens is 262 g/mol. The van der Waals surface area contributed by atoms with Crippen molar-refractivity contribution in [3.05, 3.63) is 29.0 Å². The van der Waals surface area contributed by atoms with Gasteiger partial charge >= 0.3 is 0 Å². The highest BCUT2D eigenvalue weighted by atomic mass is 32.1. The van der Waals surface area contributed by atoms with Crippen molar-refractivity contribution >= 4 is 22.4 Å². The van der Waals surface area contributed by atoms with Crippen LogP contribution in [0.25, 0.3) is 0 Å². The maximum Gasteiger partial charge on any atom is 0.257 e. The fraction of sp³-hybridized carbons (Fsp3) is 0.417. The molecule has 1 saturated heterocycles. The summed E-state index contributed by atoms with van der Waals surface area (Å²) in [6.07, 6.45) is 5.28. The zero-order valence-electron chi connectivity index (χ0n) is 10.6. The predicted molar refractivity (Wildman–Crippen MR) is 72.7 cm³/mol. The fourth-order valence-corrected chi connectivity index (χ4v) is 3.08. The van der Waals surface area contributed by atoms with Crippen molar-refractivity contribution in [1.82, 2.24) is 19.7 Å². The number of likely N-dealkylation sites (tertiary alicyclic amines) is 1. The molecule has 2 aromatic heterocycles. The van der Waals surface area contributed by atoms with Crippen molar-refractivity contribution in [2.45, 2.75) is 18.9 Å². The summed E-state index contributed by atoms with van der Waals surface area (Å²) < 4.78 is 1.64. The molecular formula is C12H15N5OS. The molecule has 0 radical (unpaired) electrons. The average Bonchev–Trinajstić information content (AvgIpc) is 3.07. The van der Waals surface area contributed by atoms with E-state index in [1.807, 2.05) is 10.3 Å². The average molecular weight is 277 g/mol. The van der Waals surface area contributed by atoms with Crippen LogP contribution in [-0.2, 0) is 7.05 Å². The molecule has 3 rings (SSSR count). The largest absolute Gasteiger partial charge is 0.375 e. The molecule has 0 bridgehead atoms. The van der Waals surface area contributed by atoms with Gasteiger partial charge < -0.3 is 10.6 Å². The molecule has 6 nitrogen and oxygen atoms in total. The van der Waals surface area contributed by atoms with Gasteiger partial charge in [-0.05, 0) is 12.8 Å². The van der Waals surface area contributed by atoms with Crippen LogP contribution in [0.5, 0.6) is 0 Å². The van der Waals surface area contributed by atoms with Gasteiger partial charge in [0.05, 0.1) is 23.5 Å². The van der Waals surface area contributed by atoms with Crippen LogP contribution in [0.4, 0.5) is 5.13 Å². The third-order valence-electron chi connectivity index (χ3n) is 3.35. The van der Waals surface area contributed by atoms with Crippen molar-refractivity contribution < 1.29 is 4.79 Å². The summed E-state index contributed by atoms with van der Waals surface area (Å²) in [5.74, 6) is 0.0159. The van der Waals surface area contributed by atoms with E-state index >= 15 is 0 Å². The Kier molecular flexibility index (Phi) is 2.98. The monoisotopic (exact) mass is 277 g/mol. The van der Waals surface area contributed by atoms with Crippen molar-refractivity contribution in [2.24, 2.45) is 7.05 Å². The van der Waals surface area contributed by atoms with Gasteiger partial charge in [-0.25, -0.2) is 4.98 Å². The van der Waals surface area contributed by atoms with Crippen LogP contribution in [0.15, 0.2) is 17.8 Å². The molecule has 1 atom stereocenters. The Balaban J connectivity index is 1.85. The van der Waals surface area contributed by atoms with Crippen LogP contribution >= 0.6 is 11.3 Å². The summed E-state index contributed by atoms with van der Waals surface area (Å²) in [7, 11) is 1.80. The highest BCUT2D eigenvalue weighted by molar-refractivity contribution is 7.13. The molecule has 0 saturated carbocycles. The minimum absolute atomic E-state index is 0.0159. The first-order valence-electron chi connectivity index (χ1n) is 6.15. The number of carbonyl (C=O) groups is 1. The minimum Gasteiger partial charge on any atom is -0.375 e. The second-order valence-electron chi connectivity index (χ2n) is 4.67. The number of aryl methyl sites for hydroxylation is 1. The lowest BCUT2D eigenvalue weighted by Gasteiger charge is -2.22. The lowest BCUT2D eigenvalue weighted by Crippen LogP contribution is -2.30. The lowest BCUT2D eigenvalue weighted by atomic mass is 10.1. The zero-order valence-corrected chi connectivity index (χ0v) is 11.4. The normalized spacial score (nSPS) is 19.0. The number of hydrogen-bond acceptors (Lipinski definition) is 5. The molecule has 7 heteroatoms. The van der Waals surface area contributed by atoms with Gasteiger partial charge in [0.15, 0.2) is 5.13 Å². The third kappa shape index (κ3) is 2.21. The number of anilines is 1. The van der Waals surface area contributed by atoms with Gasteiger partial charge in [0.1, 0.15) is 0 Å². The minimum atomic E-state index is 0.0159. The Bertz CT molecular complexity index is 605. The number of aromatic nitrogens is 3. The van der Waals surface area contributed by atoms with Gasteiger partial charge in [-0.1, -0.05) is 0 Å². The maximum atomic E-state index is 12.5. The van der Waals surface area contributed by atoms with Crippen LogP contribution in [0.1, 0.15) is 34.9 Å². The highest BCUT2D eigenvalue weighted by Gasteiger charge is 2.32. The second-order valence-corrected chi connectivity index (χ2v) is 5.56. The van der Waals surface area contributed by atoms with Gasteiger partial charge in [-0.15, -0.1) is 11.3 Å². The quantitative estimate of drug-likeness (QED) is 0.901. The molecule has 1 fully saturated rings. The predicted octanol–water partition coefficient (Wildman–Crippen LogP) is 1.44. The van der Waals surface area contributed by atoms with Crippen molar-refractivity contribution in [1.29, 1.82) is 0 Å². The van der Waals surface area contributed by atoms with Crippen LogP contribution in [0.2, 0.25) is 0 Å². The number of amides is 1. The van der Waals surface area contributed by atoms with Gasteiger partial charge in [0.2, 0.25) is 0 Å². The molecule has 3 heterocycles. The van der Waals surface area contributed by atoms with Crippen molar-refractivity contribution in [3.63, 3.8) is 0 Å². The molecule has 1 aliphatic heterocycles. The lowest BCUT2D eigenvalue weighted by molar-refractivity contribution is 0.0733. The van der Waals surface area contributed by atoms with Crippen molar-refractivity contribution in [2.75, 3.05) is 12.3 Å². The van der Waals surface area contributed by atoms with E-state index in [4.69, 9.17) is 5.73 Å². The Morgan fingerprint density at radius 2 is 2.42 bits per heavy atom. The smallest absolute Gasteiger partial charge is 0.257 e. The summed E-state index contributed by atoms with van der Waals surface area (Å²) in [4.78, 5) is 18.6. The standard InChI is InChI=1S/C12H15N5OS/c1-16-6-8(5-14-16)11(18)17-4-2-3-10(17)9-7-19-12(13)15-9/h5-7,10H,2-4H2,1H3,(H2,13,15). The molecule has 1 aliphatic rings. The van der Waals surface area contributed by atoms with E-state index in [1.165, 1.54) is 11.3 Å². The van der Waals surface area contributed by atoms with Gasteiger partial charge in [0, 0.05) is 25.2 Å². The molecule has 100 valence electrons. The van der Waals surface area contributed by atoms with E-state index in [0.29, 0.717) is 10.7 Å². The third-order valence-corrected chi connectivity index (χ3v) is 4.04. The van der Waals surface area contributed by atoms with Crippen LogP contribution in [0, 0.1) is 0 Å². The number of hydrogen-bond donors (Lipinski definition) is 1. The van der Waals surface area contributed by atoms with E-state index in [1.54, 1.807) is 24.1 Å². The summed E-state index contributed by atoms with van der Waals surface area (Å²) in [5.41, 5.74) is 7.20. The van der Waals surface area contributed by atoms with Crippen LogP contribution in [-0.4, -0.2) is 32.1 Å². The SMILES string of the molecule is Cn1cc(C(=O)N2CCCC2c2csc(N)n2)cn1. The van der Waals surface area contributed by atoms with Gasteiger partial charge in [-0.2, -0.15) is 5.10 Å². The summed E-state index contributed by atoms with van der Waals surface area (Å²) in [6.45, 7) is 0.760. The Morgan fingerprint density at radius 3 is 3.05 bits per heavy atom. The first kappa shape index (κ1) is 12.2. The van der Waals surface area contributed by atoms with E-state index in [0.717, 1.165) is 25.1 Å². The van der Waals surface area contributed by atoms with Gasteiger partial charge in [-0.3, -0.25) is 9.48 Å². The van der Waals surface area contributed by atoms with E-state index < -0.39 is 0 Å². The van der Waals surface area contributed by atoms with Crippen molar-refractivity contribution in [3.8, 4) is 0 Å². The topological polar surface area (TPSA) is 77.0 Å². The molecule has 0 aromatic carbocycles. The zero-order chi connectivity index (χ0) is 13.4. The number of carbonyl (C=O) groups excluding carboxylic acids is 1. The highest BCUT2D eigenvalue weighted by Crippen LogP contribution is 2.33. The van der Waals surface area contributed by atoms with E-state index in [2.05, 4.69) is 10.1 Å². The fourth-order valence-electron chi connectivity index (χ4n) is 2.47. The van der Waals surface area contributed by atoms with Gasteiger partial charge in [0.25, 0.3) is 5.91 Å². The molecule has 19 heavy (non-hydrogen) atoms. The first-order valence-corrected chi connectivity index (χ1v) is 7.03. The summed E-state index contributed by atoms with van der Waals surface area (Å²) in [6, 6.07) is 0.0428. The second kappa shape index (κ2) is 4.65. The number of nitrogens with two attached hydrogens (primary N) is 1. The van der Waals surface area contributed by atoms with E-state index in [9.17, 15) is 4.79 Å². The van der Waals surface area contributed by atoms with Crippen LogP contribution < -0.4 is 5.73 Å². The number of rotatable bonds is 2. The number of nitrogen functional groups attached to an aromatic ring is 1. The Hall–Kier alpha value is -1.89. The molecule has 1 amide bonds.